The van der Waals surface area contributed by atoms with Gasteiger partial charge in [0.05, 0.1) is 6.04 Å². The summed E-state index contributed by atoms with van der Waals surface area (Å²) in [5.41, 5.74) is -4.67. The number of carbonyl (C=O) groups excluding carboxylic acids is 1. The van der Waals surface area contributed by atoms with Crippen LogP contribution in [0.15, 0.2) is 0 Å². The average molecular weight is 392 g/mol. The molecule has 1 aromatic rings. The largest absolute Gasteiger partial charge is 0.418 e. The number of rotatable bonds is 3. The summed E-state index contributed by atoms with van der Waals surface area (Å²) in [4.78, 5) is 12.9. The maximum atomic E-state index is 13.5. The van der Waals surface area contributed by atoms with E-state index >= 15 is 0 Å². The van der Waals surface area contributed by atoms with Gasteiger partial charge >= 0.3 is 6.18 Å². The molecule has 4 nitrogen and oxygen atoms in total. The number of β-amino-alcohol motifs (C(OH)–C–C–N with tert-alkyl or cyclic N) is 1. The van der Waals surface area contributed by atoms with E-state index in [0.29, 0.717) is 0 Å². The quantitative estimate of drug-likeness (QED) is 0.473. The van der Waals surface area contributed by atoms with Gasteiger partial charge in [0.15, 0.2) is 28.9 Å². The Morgan fingerprint density at radius 1 is 1.08 bits per heavy atom. The Hall–Kier alpha value is -1.95. The van der Waals surface area contributed by atoms with Gasteiger partial charge in [-0.25, -0.2) is 22.0 Å². The highest BCUT2D eigenvalue weighted by Crippen LogP contribution is 2.38. The van der Waals surface area contributed by atoms with Gasteiger partial charge in [0.1, 0.15) is 5.69 Å². The molecule has 1 saturated heterocycles. The van der Waals surface area contributed by atoms with Crippen molar-refractivity contribution in [3.05, 3.63) is 29.1 Å². The van der Waals surface area contributed by atoms with Gasteiger partial charge in [0.25, 0.3) is 0 Å². The first-order valence-corrected chi connectivity index (χ1v) is 7.15. The zero-order valence-corrected chi connectivity index (χ0v) is 13.0. The summed E-state index contributed by atoms with van der Waals surface area (Å²) >= 11 is 0. The van der Waals surface area contributed by atoms with Crippen LogP contribution in [0.5, 0.6) is 0 Å². The fourth-order valence-corrected chi connectivity index (χ4v) is 2.49. The van der Waals surface area contributed by atoms with E-state index in [1.54, 1.807) is 0 Å². The molecule has 0 saturated carbocycles. The van der Waals surface area contributed by atoms with E-state index in [0.717, 1.165) is 11.8 Å². The Kier molecular flexibility index (Phi) is 5.21. The minimum Gasteiger partial charge on any atom is -0.379 e. The summed E-state index contributed by atoms with van der Waals surface area (Å²) in [5.74, 6) is -12.8. The molecule has 1 heterocycles. The van der Waals surface area contributed by atoms with E-state index < -0.39 is 71.5 Å². The zero-order valence-electron chi connectivity index (χ0n) is 13.0. The minimum absolute atomic E-state index is 0.373. The molecule has 1 aliphatic rings. The predicted octanol–water partition coefficient (Wildman–Crippen LogP) is 2.71. The van der Waals surface area contributed by atoms with Crippen LogP contribution in [-0.4, -0.2) is 46.8 Å². The summed E-state index contributed by atoms with van der Waals surface area (Å²) in [6, 6.07) is -1.44. The van der Waals surface area contributed by atoms with Crippen molar-refractivity contribution < 1.29 is 45.0 Å². The van der Waals surface area contributed by atoms with Crippen LogP contribution in [0.3, 0.4) is 0 Å². The second kappa shape index (κ2) is 6.65. The number of nitrogens with zero attached hydrogens (tertiary/aromatic N) is 1. The molecular weight excluding hydrogens is 380 g/mol. The molecule has 146 valence electrons. The Bertz CT molecular complexity index is 710. The molecule has 0 radical (unpaired) electrons. The zero-order chi connectivity index (χ0) is 20.0. The minimum atomic E-state index is -4.96. The number of benzene rings is 1. The van der Waals surface area contributed by atoms with Gasteiger partial charge in [0.2, 0.25) is 11.7 Å². The monoisotopic (exact) mass is 392 g/mol. The lowest BCUT2D eigenvalue weighted by molar-refractivity contribution is -0.254. The smallest absolute Gasteiger partial charge is 0.379 e. The highest BCUT2D eigenvalue weighted by Gasteiger charge is 2.57. The topological polar surface area (TPSA) is 52.6 Å². The third-order valence-electron chi connectivity index (χ3n) is 4.19. The lowest BCUT2D eigenvalue weighted by Gasteiger charge is -2.28. The number of anilines is 1. The Labute approximate surface area is 141 Å². The SMILES string of the molecule is C[C@@H](C(=O)Nc1c(F)c(F)c(F)c(F)c1F)N1CC[C@@](O)(C(F)(F)F)C1. The molecule has 2 N–H and O–H groups in total. The lowest BCUT2D eigenvalue weighted by Crippen LogP contribution is -2.49. The van der Waals surface area contributed by atoms with Crippen molar-refractivity contribution in [3.8, 4) is 0 Å². The van der Waals surface area contributed by atoms with Crippen LogP contribution in [0.1, 0.15) is 13.3 Å². The van der Waals surface area contributed by atoms with Crippen molar-refractivity contribution in [2.75, 3.05) is 18.4 Å². The molecule has 0 bridgehead atoms. The number of aliphatic hydroxyl groups is 1. The summed E-state index contributed by atoms with van der Waals surface area (Å²) < 4.78 is 105. The van der Waals surface area contributed by atoms with Gasteiger partial charge in [-0.2, -0.15) is 13.2 Å². The standard InChI is InChI=1S/C14H12F8N2O2/c1-5(24-3-2-13(26,4-24)14(20,21)22)12(25)23-11-9(18)7(16)6(15)8(17)10(11)19/h5,26H,2-4H2,1H3,(H,23,25)/t5-,13-/m0/s1. The molecule has 0 aliphatic carbocycles. The maximum Gasteiger partial charge on any atom is 0.418 e. The van der Waals surface area contributed by atoms with Crippen molar-refractivity contribution in [3.63, 3.8) is 0 Å². The third-order valence-corrected chi connectivity index (χ3v) is 4.19. The summed E-state index contributed by atoms with van der Waals surface area (Å²) in [6.07, 6.45) is -5.70. The normalized spacial score (nSPS) is 22.5. The Morgan fingerprint density at radius 2 is 1.54 bits per heavy atom. The van der Waals surface area contributed by atoms with Gasteiger partial charge in [0, 0.05) is 13.1 Å². The molecular formula is C14H12F8N2O2. The maximum absolute atomic E-state index is 13.5. The summed E-state index contributed by atoms with van der Waals surface area (Å²) in [7, 11) is 0. The van der Waals surface area contributed by atoms with Crippen molar-refractivity contribution in [1.29, 1.82) is 0 Å². The van der Waals surface area contributed by atoms with Crippen LogP contribution in [0.25, 0.3) is 0 Å². The van der Waals surface area contributed by atoms with E-state index in [9.17, 15) is 45.0 Å². The van der Waals surface area contributed by atoms with Gasteiger partial charge in [-0.1, -0.05) is 0 Å². The van der Waals surface area contributed by atoms with Crippen LogP contribution >= 0.6 is 0 Å². The number of alkyl halides is 3. The first-order valence-electron chi connectivity index (χ1n) is 7.15. The fourth-order valence-electron chi connectivity index (χ4n) is 2.49. The fraction of sp³-hybridized carbons (Fsp3) is 0.500. The van der Waals surface area contributed by atoms with E-state index in [4.69, 9.17) is 0 Å². The third kappa shape index (κ3) is 3.34. The molecule has 0 spiro atoms. The van der Waals surface area contributed by atoms with Crippen molar-refractivity contribution >= 4 is 11.6 Å². The Morgan fingerprint density at radius 3 is 1.96 bits per heavy atom. The summed E-state index contributed by atoms with van der Waals surface area (Å²) in [6.45, 7) is -0.298. The Balaban J connectivity index is 2.19. The molecule has 26 heavy (non-hydrogen) atoms. The van der Waals surface area contributed by atoms with Crippen LogP contribution in [0.2, 0.25) is 0 Å². The number of carbonyl (C=O) groups is 1. The van der Waals surface area contributed by atoms with E-state index in [1.807, 2.05) is 0 Å². The second-order valence-electron chi connectivity index (χ2n) is 5.86. The molecule has 2 atom stereocenters. The van der Waals surface area contributed by atoms with Crippen LogP contribution in [0.4, 0.5) is 40.8 Å². The number of hydrogen-bond donors (Lipinski definition) is 2. The van der Waals surface area contributed by atoms with Crippen LogP contribution in [0, 0.1) is 29.1 Å². The van der Waals surface area contributed by atoms with Gasteiger partial charge in [-0.3, -0.25) is 9.69 Å². The van der Waals surface area contributed by atoms with Crippen LogP contribution in [-0.2, 0) is 4.79 Å². The van der Waals surface area contributed by atoms with Crippen molar-refractivity contribution in [2.45, 2.75) is 31.2 Å². The first-order chi connectivity index (χ1) is 11.8. The van der Waals surface area contributed by atoms with Crippen molar-refractivity contribution in [1.82, 2.24) is 4.90 Å². The molecule has 1 amide bonds. The lowest BCUT2D eigenvalue weighted by atomic mass is 10.0. The molecule has 2 rings (SSSR count). The highest BCUT2D eigenvalue weighted by atomic mass is 19.4. The molecule has 1 fully saturated rings. The van der Waals surface area contributed by atoms with Gasteiger partial charge in [-0.15, -0.1) is 0 Å². The molecule has 1 aromatic carbocycles. The van der Waals surface area contributed by atoms with E-state index in [-0.39, 0.29) is 6.54 Å². The van der Waals surface area contributed by atoms with Crippen LogP contribution < -0.4 is 5.32 Å². The molecule has 12 heteroatoms. The number of nitrogens with one attached hydrogen (secondary N) is 1. The highest BCUT2D eigenvalue weighted by molar-refractivity contribution is 5.94. The first kappa shape index (κ1) is 20.4. The van der Waals surface area contributed by atoms with E-state index in [1.165, 1.54) is 5.32 Å². The number of hydrogen-bond acceptors (Lipinski definition) is 3. The number of amides is 1. The number of halogens is 8. The van der Waals surface area contributed by atoms with E-state index in [2.05, 4.69) is 0 Å². The summed E-state index contributed by atoms with van der Waals surface area (Å²) in [5, 5.41) is 11.0. The molecule has 1 aliphatic heterocycles. The van der Waals surface area contributed by atoms with Crippen molar-refractivity contribution in [2.24, 2.45) is 0 Å². The second-order valence-corrected chi connectivity index (χ2v) is 5.86. The predicted molar refractivity (Wildman–Crippen MR) is 71.5 cm³/mol. The molecule has 0 unspecified atom stereocenters. The van der Waals surface area contributed by atoms with Gasteiger partial charge < -0.3 is 10.4 Å². The average Bonchev–Trinajstić information content (AvgIpc) is 2.97. The van der Waals surface area contributed by atoms with Gasteiger partial charge in [-0.05, 0) is 13.3 Å². The molecule has 0 aromatic heterocycles. The number of likely N-dealkylation sites (tertiary alicyclic amines) is 1.